The first kappa shape index (κ1) is 9.46. The molecule has 3 heteroatoms. The Bertz CT molecular complexity index is 347. The minimum absolute atomic E-state index is 0.146. The van der Waals surface area contributed by atoms with E-state index in [0.717, 1.165) is 24.4 Å². The molecular formula is C11H14FNO. The van der Waals surface area contributed by atoms with Crippen LogP contribution in [0.2, 0.25) is 0 Å². The molecule has 1 aliphatic rings. The fraction of sp³-hybridized carbons (Fsp3) is 0.455. The third kappa shape index (κ3) is 1.48. The Hall–Kier alpha value is -1.09. The van der Waals surface area contributed by atoms with E-state index in [1.807, 2.05) is 0 Å². The van der Waals surface area contributed by atoms with E-state index in [-0.39, 0.29) is 5.82 Å². The molecule has 0 amide bonds. The number of benzene rings is 1. The van der Waals surface area contributed by atoms with Crippen molar-refractivity contribution in [3.05, 3.63) is 29.1 Å². The minimum atomic E-state index is -0.146. The Labute approximate surface area is 83.1 Å². The molecule has 1 aliphatic heterocycles. The summed E-state index contributed by atoms with van der Waals surface area (Å²) in [6.07, 6.45) is 0. The van der Waals surface area contributed by atoms with E-state index >= 15 is 0 Å². The second-order valence-corrected chi connectivity index (χ2v) is 3.70. The van der Waals surface area contributed by atoms with Crippen LogP contribution in [0, 0.1) is 12.7 Å². The van der Waals surface area contributed by atoms with Crippen molar-refractivity contribution in [2.75, 3.05) is 20.2 Å². The highest BCUT2D eigenvalue weighted by molar-refractivity contribution is 5.41. The summed E-state index contributed by atoms with van der Waals surface area (Å²) in [4.78, 5) is 0. The Balaban J connectivity index is 2.40. The number of ether oxygens (including phenoxy) is 1. The molecule has 1 aromatic carbocycles. The molecule has 1 fully saturated rings. The third-order valence-corrected chi connectivity index (χ3v) is 2.73. The van der Waals surface area contributed by atoms with Crippen LogP contribution in [0.3, 0.4) is 0 Å². The summed E-state index contributed by atoms with van der Waals surface area (Å²) < 4.78 is 18.6. The van der Waals surface area contributed by atoms with E-state index in [4.69, 9.17) is 4.74 Å². The molecule has 2 rings (SSSR count). The Morgan fingerprint density at radius 2 is 2.14 bits per heavy atom. The van der Waals surface area contributed by atoms with Gasteiger partial charge in [-0.1, -0.05) is 0 Å². The molecule has 0 bridgehead atoms. The summed E-state index contributed by atoms with van der Waals surface area (Å²) in [7, 11) is 1.63. The monoisotopic (exact) mass is 195 g/mol. The van der Waals surface area contributed by atoms with Crippen molar-refractivity contribution >= 4 is 0 Å². The number of aryl methyl sites for hydroxylation is 1. The van der Waals surface area contributed by atoms with Crippen LogP contribution < -0.4 is 10.1 Å². The quantitative estimate of drug-likeness (QED) is 0.777. The van der Waals surface area contributed by atoms with Gasteiger partial charge in [0, 0.05) is 24.6 Å². The fourth-order valence-corrected chi connectivity index (χ4v) is 1.67. The van der Waals surface area contributed by atoms with Gasteiger partial charge in [0.15, 0.2) is 0 Å². The van der Waals surface area contributed by atoms with Gasteiger partial charge in [0.2, 0.25) is 0 Å². The molecule has 0 spiro atoms. The summed E-state index contributed by atoms with van der Waals surface area (Å²) in [6.45, 7) is 3.58. The first-order valence-electron chi connectivity index (χ1n) is 4.77. The highest BCUT2D eigenvalue weighted by atomic mass is 19.1. The van der Waals surface area contributed by atoms with Crippen molar-refractivity contribution in [2.24, 2.45) is 0 Å². The van der Waals surface area contributed by atoms with Gasteiger partial charge in [-0.25, -0.2) is 4.39 Å². The SMILES string of the molecule is COc1cc(C)c(F)cc1C1CNC1. The van der Waals surface area contributed by atoms with Gasteiger partial charge in [-0.2, -0.15) is 0 Å². The van der Waals surface area contributed by atoms with Crippen molar-refractivity contribution in [3.8, 4) is 5.75 Å². The molecule has 0 unspecified atom stereocenters. The van der Waals surface area contributed by atoms with E-state index in [9.17, 15) is 4.39 Å². The first-order chi connectivity index (χ1) is 6.72. The van der Waals surface area contributed by atoms with Crippen molar-refractivity contribution in [1.29, 1.82) is 0 Å². The zero-order chi connectivity index (χ0) is 10.1. The lowest BCUT2D eigenvalue weighted by molar-refractivity contribution is 0.383. The summed E-state index contributed by atoms with van der Waals surface area (Å²) >= 11 is 0. The van der Waals surface area contributed by atoms with Crippen LogP contribution in [0.5, 0.6) is 5.75 Å². The lowest BCUT2D eigenvalue weighted by Gasteiger charge is -2.29. The van der Waals surface area contributed by atoms with Crippen LogP contribution in [0.15, 0.2) is 12.1 Å². The lowest BCUT2D eigenvalue weighted by Crippen LogP contribution is -2.40. The Kier molecular flexibility index (Phi) is 2.42. The van der Waals surface area contributed by atoms with Gasteiger partial charge in [0.05, 0.1) is 7.11 Å². The molecule has 1 N–H and O–H groups in total. The highest BCUT2D eigenvalue weighted by Crippen LogP contribution is 2.31. The Morgan fingerprint density at radius 1 is 1.43 bits per heavy atom. The molecule has 1 heterocycles. The smallest absolute Gasteiger partial charge is 0.126 e. The van der Waals surface area contributed by atoms with Crippen LogP contribution in [-0.4, -0.2) is 20.2 Å². The average Bonchev–Trinajstić information content (AvgIpc) is 2.08. The summed E-state index contributed by atoms with van der Waals surface area (Å²) in [5.41, 5.74) is 1.62. The van der Waals surface area contributed by atoms with Crippen molar-refractivity contribution in [1.82, 2.24) is 5.32 Å². The number of hydrogen-bond donors (Lipinski definition) is 1. The van der Waals surface area contributed by atoms with Gasteiger partial charge in [-0.05, 0) is 24.6 Å². The number of rotatable bonds is 2. The van der Waals surface area contributed by atoms with E-state index in [2.05, 4.69) is 5.32 Å². The maximum Gasteiger partial charge on any atom is 0.126 e. The summed E-state index contributed by atoms with van der Waals surface area (Å²) in [5, 5.41) is 3.17. The van der Waals surface area contributed by atoms with Crippen molar-refractivity contribution in [3.63, 3.8) is 0 Å². The molecule has 1 saturated heterocycles. The Morgan fingerprint density at radius 3 is 2.64 bits per heavy atom. The second-order valence-electron chi connectivity index (χ2n) is 3.70. The summed E-state index contributed by atoms with van der Waals surface area (Å²) in [5.74, 6) is 1.06. The molecule has 2 nitrogen and oxygen atoms in total. The van der Waals surface area contributed by atoms with E-state index in [0.29, 0.717) is 11.5 Å². The normalized spacial score (nSPS) is 16.5. The van der Waals surface area contributed by atoms with E-state index in [1.165, 1.54) is 0 Å². The van der Waals surface area contributed by atoms with Gasteiger partial charge < -0.3 is 10.1 Å². The van der Waals surface area contributed by atoms with Crippen LogP contribution in [-0.2, 0) is 0 Å². The molecule has 0 radical (unpaired) electrons. The van der Waals surface area contributed by atoms with Gasteiger partial charge >= 0.3 is 0 Å². The second kappa shape index (κ2) is 3.58. The average molecular weight is 195 g/mol. The van der Waals surface area contributed by atoms with Gasteiger partial charge in [-0.15, -0.1) is 0 Å². The molecule has 76 valence electrons. The highest BCUT2D eigenvalue weighted by Gasteiger charge is 2.23. The topological polar surface area (TPSA) is 21.3 Å². The number of nitrogens with one attached hydrogen (secondary N) is 1. The number of halogens is 1. The predicted molar refractivity (Wildman–Crippen MR) is 53.3 cm³/mol. The molecule has 1 aromatic rings. The van der Waals surface area contributed by atoms with E-state index < -0.39 is 0 Å². The minimum Gasteiger partial charge on any atom is -0.496 e. The number of methoxy groups -OCH3 is 1. The predicted octanol–water partition coefficient (Wildman–Crippen LogP) is 1.83. The zero-order valence-electron chi connectivity index (χ0n) is 8.43. The van der Waals surface area contributed by atoms with Crippen LogP contribution in [0.25, 0.3) is 0 Å². The largest absolute Gasteiger partial charge is 0.496 e. The van der Waals surface area contributed by atoms with Gasteiger partial charge in [-0.3, -0.25) is 0 Å². The lowest BCUT2D eigenvalue weighted by atomic mass is 9.92. The number of hydrogen-bond acceptors (Lipinski definition) is 2. The van der Waals surface area contributed by atoms with Crippen molar-refractivity contribution < 1.29 is 9.13 Å². The maximum absolute atomic E-state index is 13.3. The van der Waals surface area contributed by atoms with E-state index in [1.54, 1.807) is 26.2 Å². The standard InChI is InChI=1S/C11H14FNO/c1-7-3-11(14-2)9(4-10(7)12)8-5-13-6-8/h3-4,8,13H,5-6H2,1-2H3. The van der Waals surface area contributed by atoms with Crippen LogP contribution in [0.4, 0.5) is 4.39 Å². The molecule has 0 saturated carbocycles. The van der Waals surface area contributed by atoms with Crippen LogP contribution in [0.1, 0.15) is 17.0 Å². The van der Waals surface area contributed by atoms with Crippen LogP contribution >= 0.6 is 0 Å². The van der Waals surface area contributed by atoms with Crippen molar-refractivity contribution in [2.45, 2.75) is 12.8 Å². The summed E-state index contributed by atoms with van der Waals surface area (Å²) in [6, 6.07) is 3.36. The third-order valence-electron chi connectivity index (χ3n) is 2.73. The maximum atomic E-state index is 13.3. The van der Waals surface area contributed by atoms with Gasteiger partial charge in [0.1, 0.15) is 11.6 Å². The molecule has 0 atom stereocenters. The zero-order valence-corrected chi connectivity index (χ0v) is 8.43. The first-order valence-corrected chi connectivity index (χ1v) is 4.77. The molecule has 0 aromatic heterocycles. The molecule has 14 heavy (non-hydrogen) atoms. The van der Waals surface area contributed by atoms with Gasteiger partial charge in [0.25, 0.3) is 0 Å². The molecular weight excluding hydrogens is 181 g/mol. The fourth-order valence-electron chi connectivity index (χ4n) is 1.67. The molecule has 0 aliphatic carbocycles.